The summed E-state index contributed by atoms with van der Waals surface area (Å²) in [5.74, 6) is -0.0886. The summed E-state index contributed by atoms with van der Waals surface area (Å²) in [5, 5.41) is 13.8. The standard InChI is InChI=1S/C15H19Cl2NO2/c16-11-7-6-10(8-12(11)17)9-15(20)18-13-4-2-1-3-5-14(13)19/h6-8,13-14,19H,1-5,9H2,(H,18,20). The van der Waals surface area contributed by atoms with E-state index < -0.39 is 6.10 Å². The summed E-state index contributed by atoms with van der Waals surface area (Å²) in [6, 6.07) is 5.05. The third-order valence-electron chi connectivity index (χ3n) is 3.67. The first-order valence-corrected chi connectivity index (χ1v) is 7.73. The summed E-state index contributed by atoms with van der Waals surface area (Å²) in [6.07, 6.45) is 4.62. The Balaban J connectivity index is 1.92. The number of aliphatic hydroxyl groups excluding tert-OH is 1. The Morgan fingerprint density at radius 2 is 1.95 bits per heavy atom. The lowest BCUT2D eigenvalue weighted by Crippen LogP contribution is -2.43. The maximum absolute atomic E-state index is 12.0. The van der Waals surface area contributed by atoms with Crippen LogP contribution in [-0.4, -0.2) is 23.2 Å². The Kier molecular flexibility index (Phi) is 5.70. The average Bonchev–Trinajstić information content (AvgIpc) is 2.59. The second kappa shape index (κ2) is 7.30. The Labute approximate surface area is 129 Å². The van der Waals surface area contributed by atoms with E-state index in [-0.39, 0.29) is 18.4 Å². The number of carbonyl (C=O) groups is 1. The highest BCUT2D eigenvalue weighted by Crippen LogP contribution is 2.23. The molecule has 20 heavy (non-hydrogen) atoms. The van der Waals surface area contributed by atoms with E-state index in [2.05, 4.69) is 5.32 Å². The molecule has 0 aromatic heterocycles. The fraction of sp³-hybridized carbons (Fsp3) is 0.533. The molecule has 0 heterocycles. The molecule has 1 fully saturated rings. The molecular formula is C15H19Cl2NO2. The van der Waals surface area contributed by atoms with Crippen molar-refractivity contribution in [2.75, 3.05) is 0 Å². The van der Waals surface area contributed by atoms with Crippen molar-refractivity contribution in [1.82, 2.24) is 5.32 Å². The Bertz CT molecular complexity index is 479. The zero-order valence-electron chi connectivity index (χ0n) is 11.2. The van der Waals surface area contributed by atoms with Gasteiger partial charge in [-0.3, -0.25) is 4.79 Å². The van der Waals surface area contributed by atoms with Crippen molar-refractivity contribution < 1.29 is 9.90 Å². The van der Waals surface area contributed by atoms with E-state index in [0.29, 0.717) is 10.0 Å². The Morgan fingerprint density at radius 1 is 1.20 bits per heavy atom. The highest BCUT2D eigenvalue weighted by Gasteiger charge is 2.23. The highest BCUT2D eigenvalue weighted by molar-refractivity contribution is 6.42. The average molecular weight is 316 g/mol. The minimum atomic E-state index is -0.435. The van der Waals surface area contributed by atoms with Crippen molar-refractivity contribution in [2.45, 2.75) is 50.7 Å². The van der Waals surface area contributed by atoms with E-state index in [0.717, 1.165) is 37.7 Å². The lowest BCUT2D eigenvalue weighted by Gasteiger charge is -2.21. The topological polar surface area (TPSA) is 49.3 Å². The fourth-order valence-corrected chi connectivity index (χ4v) is 2.87. The third-order valence-corrected chi connectivity index (χ3v) is 4.41. The van der Waals surface area contributed by atoms with Crippen molar-refractivity contribution in [1.29, 1.82) is 0 Å². The van der Waals surface area contributed by atoms with E-state index >= 15 is 0 Å². The molecular weight excluding hydrogens is 297 g/mol. The van der Waals surface area contributed by atoms with E-state index in [1.807, 2.05) is 0 Å². The first-order valence-electron chi connectivity index (χ1n) is 6.97. The largest absolute Gasteiger partial charge is 0.391 e. The monoisotopic (exact) mass is 315 g/mol. The Morgan fingerprint density at radius 3 is 2.70 bits per heavy atom. The number of hydrogen-bond donors (Lipinski definition) is 2. The van der Waals surface area contributed by atoms with Crippen LogP contribution in [-0.2, 0) is 11.2 Å². The first-order chi connectivity index (χ1) is 9.56. The molecule has 1 aromatic carbocycles. The van der Waals surface area contributed by atoms with Crippen LogP contribution in [0.4, 0.5) is 0 Å². The first kappa shape index (κ1) is 15.6. The van der Waals surface area contributed by atoms with Gasteiger partial charge in [-0.05, 0) is 30.5 Å². The summed E-state index contributed by atoms with van der Waals surface area (Å²) in [7, 11) is 0. The van der Waals surface area contributed by atoms with Gasteiger partial charge in [-0.2, -0.15) is 0 Å². The van der Waals surface area contributed by atoms with Gasteiger partial charge in [0.1, 0.15) is 0 Å². The Hall–Kier alpha value is -0.770. The maximum Gasteiger partial charge on any atom is 0.224 e. The molecule has 1 amide bonds. The van der Waals surface area contributed by atoms with Crippen LogP contribution in [0, 0.1) is 0 Å². The van der Waals surface area contributed by atoms with Crippen LogP contribution in [0.1, 0.15) is 37.7 Å². The number of carbonyl (C=O) groups excluding carboxylic acids is 1. The second-order valence-corrected chi connectivity index (χ2v) is 6.12. The van der Waals surface area contributed by atoms with Crippen LogP contribution in [0.15, 0.2) is 18.2 Å². The molecule has 0 aliphatic heterocycles. The summed E-state index contributed by atoms with van der Waals surface area (Å²) < 4.78 is 0. The van der Waals surface area contributed by atoms with Gasteiger partial charge in [0.15, 0.2) is 0 Å². The van der Waals surface area contributed by atoms with Crippen LogP contribution in [0.2, 0.25) is 10.0 Å². The van der Waals surface area contributed by atoms with Crippen molar-refractivity contribution in [3.63, 3.8) is 0 Å². The SMILES string of the molecule is O=C(Cc1ccc(Cl)c(Cl)c1)NC1CCCCCC1O. The molecule has 5 heteroatoms. The second-order valence-electron chi connectivity index (χ2n) is 5.30. The minimum Gasteiger partial charge on any atom is -0.391 e. The van der Waals surface area contributed by atoms with Gasteiger partial charge in [-0.1, -0.05) is 48.5 Å². The van der Waals surface area contributed by atoms with Crippen molar-refractivity contribution in [3.8, 4) is 0 Å². The molecule has 2 atom stereocenters. The van der Waals surface area contributed by atoms with Gasteiger partial charge < -0.3 is 10.4 Å². The molecule has 0 saturated heterocycles. The summed E-state index contributed by atoms with van der Waals surface area (Å²) in [5.41, 5.74) is 0.819. The van der Waals surface area contributed by atoms with Crippen molar-refractivity contribution in [3.05, 3.63) is 33.8 Å². The zero-order chi connectivity index (χ0) is 14.5. The molecule has 2 N–H and O–H groups in total. The number of benzene rings is 1. The summed E-state index contributed by atoms with van der Waals surface area (Å²) in [6.45, 7) is 0. The number of amides is 1. The van der Waals surface area contributed by atoms with Crippen LogP contribution < -0.4 is 5.32 Å². The van der Waals surface area contributed by atoms with Gasteiger partial charge in [-0.15, -0.1) is 0 Å². The lowest BCUT2D eigenvalue weighted by molar-refractivity contribution is -0.122. The van der Waals surface area contributed by atoms with Crippen LogP contribution in [0.3, 0.4) is 0 Å². The molecule has 1 aliphatic carbocycles. The number of aliphatic hydroxyl groups is 1. The molecule has 0 radical (unpaired) electrons. The highest BCUT2D eigenvalue weighted by atomic mass is 35.5. The van der Waals surface area contributed by atoms with Gasteiger partial charge in [-0.25, -0.2) is 0 Å². The van der Waals surface area contributed by atoms with Gasteiger partial charge >= 0.3 is 0 Å². The molecule has 1 saturated carbocycles. The van der Waals surface area contributed by atoms with Crippen LogP contribution in [0.5, 0.6) is 0 Å². The summed E-state index contributed by atoms with van der Waals surface area (Å²) >= 11 is 11.8. The molecule has 1 aromatic rings. The molecule has 3 nitrogen and oxygen atoms in total. The maximum atomic E-state index is 12.0. The molecule has 2 unspecified atom stereocenters. The van der Waals surface area contributed by atoms with E-state index in [9.17, 15) is 9.90 Å². The smallest absolute Gasteiger partial charge is 0.224 e. The molecule has 1 aliphatic rings. The summed E-state index contributed by atoms with van der Waals surface area (Å²) in [4.78, 5) is 12.0. The molecule has 0 spiro atoms. The molecule has 110 valence electrons. The minimum absolute atomic E-state index is 0.0886. The van der Waals surface area contributed by atoms with Gasteiger partial charge in [0.2, 0.25) is 5.91 Å². The lowest BCUT2D eigenvalue weighted by atomic mass is 10.1. The predicted octanol–water partition coefficient (Wildman–Crippen LogP) is 3.35. The molecule has 0 bridgehead atoms. The van der Waals surface area contributed by atoms with E-state index in [1.54, 1.807) is 18.2 Å². The van der Waals surface area contributed by atoms with Crippen molar-refractivity contribution >= 4 is 29.1 Å². The number of rotatable bonds is 3. The predicted molar refractivity (Wildman–Crippen MR) is 81.2 cm³/mol. The number of halogens is 2. The van der Waals surface area contributed by atoms with Crippen LogP contribution in [0.25, 0.3) is 0 Å². The molecule has 2 rings (SSSR count). The quantitative estimate of drug-likeness (QED) is 0.840. The van der Waals surface area contributed by atoms with Gasteiger partial charge in [0, 0.05) is 0 Å². The van der Waals surface area contributed by atoms with Gasteiger partial charge in [0.25, 0.3) is 0 Å². The van der Waals surface area contributed by atoms with Crippen LogP contribution >= 0.6 is 23.2 Å². The zero-order valence-corrected chi connectivity index (χ0v) is 12.8. The van der Waals surface area contributed by atoms with Gasteiger partial charge in [0.05, 0.1) is 28.6 Å². The van der Waals surface area contributed by atoms with E-state index in [4.69, 9.17) is 23.2 Å². The normalized spacial score (nSPS) is 23.1. The van der Waals surface area contributed by atoms with Crippen molar-refractivity contribution in [2.24, 2.45) is 0 Å². The number of nitrogens with one attached hydrogen (secondary N) is 1. The van der Waals surface area contributed by atoms with E-state index in [1.165, 1.54) is 0 Å². The fourth-order valence-electron chi connectivity index (χ4n) is 2.55. The number of hydrogen-bond acceptors (Lipinski definition) is 2. The third kappa shape index (κ3) is 4.37.